The minimum Gasteiger partial charge on any atom is -0.338 e. The van der Waals surface area contributed by atoms with E-state index in [-0.39, 0.29) is 17.6 Å². The number of rotatable bonds is 2. The fourth-order valence-corrected chi connectivity index (χ4v) is 4.43. The molecule has 1 fully saturated rings. The zero-order chi connectivity index (χ0) is 17.4. The van der Waals surface area contributed by atoms with Gasteiger partial charge in [0.25, 0.3) is 5.91 Å². The van der Waals surface area contributed by atoms with Gasteiger partial charge in [-0.25, -0.2) is 9.37 Å². The molecule has 0 spiro atoms. The Labute approximate surface area is 150 Å². The fraction of sp³-hybridized carbons (Fsp3) is 0.300. The molecule has 4 rings (SSSR count). The number of thiazole rings is 1. The van der Waals surface area contributed by atoms with E-state index in [9.17, 15) is 9.18 Å². The third-order valence-corrected chi connectivity index (χ3v) is 5.99. The maximum atomic E-state index is 13.8. The van der Waals surface area contributed by atoms with Crippen molar-refractivity contribution >= 4 is 27.5 Å². The van der Waals surface area contributed by atoms with Gasteiger partial charge in [0.05, 0.1) is 15.2 Å². The lowest BCUT2D eigenvalue weighted by Gasteiger charge is -2.32. The number of carbonyl (C=O) groups is 1. The van der Waals surface area contributed by atoms with E-state index >= 15 is 0 Å². The molecule has 25 heavy (non-hydrogen) atoms. The van der Waals surface area contributed by atoms with Crippen LogP contribution >= 0.6 is 11.3 Å². The average Bonchev–Trinajstić information content (AvgIpc) is 3.08. The Balaban J connectivity index is 1.55. The Hall–Kier alpha value is -2.27. The van der Waals surface area contributed by atoms with Gasteiger partial charge in [0, 0.05) is 24.6 Å². The highest BCUT2D eigenvalue weighted by molar-refractivity contribution is 7.18. The van der Waals surface area contributed by atoms with Gasteiger partial charge in [-0.3, -0.25) is 4.79 Å². The molecule has 1 aliphatic heterocycles. The quantitative estimate of drug-likeness (QED) is 0.664. The van der Waals surface area contributed by atoms with E-state index in [1.54, 1.807) is 30.4 Å². The predicted molar refractivity (Wildman–Crippen MR) is 98.6 cm³/mol. The van der Waals surface area contributed by atoms with Crippen molar-refractivity contribution in [1.29, 1.82) is 0 Å². The summed E-state index contributed by atoms with van der Waals surface area (Å²) in [5, 5.41) is 1.09. The Morgan fingerprint density at radius 2 is 2.12 bits per heavy atom. The molecule has 1 aromatic heterocycles. The number of fused-ring (bicyclic) bond motifs is 1. The zero-order valence-corrected chi connectivity index (χ0v) is 14.9. The molecule has 3 aromatic rings. The van der Waals surface area contributed by atoms with E-state index in [4.69, 9.17) is 4.98 Å². The zero-order valence-electron chi connectivity index (χ0n) is 14.0. The van der Waals surface area contributed by atoms with Crippen LogP contribution in [0.4, 0.5) is 4.39 Å². The van der Waals surface area contributed by atoms with Crippen LogP contribution in [-0.2, 0) is 0 Å². The molecule has 0 N–H and O–H groups in total. The topological polar surface area (TPSA) is 33.2 Å². The fourth-order valence-electron chi connectivity index (χ4n) is 3.34. The van der Waals surface area contributed by atoms with Crippen LogP contribution in [0.15, 0.2) is 42.5 Å². The third-order valence-electron chi connectivity index (χ3n) is 4.79. The van der Waals surface area contributed by atoms with Gasteiger partial charge in [-0.2, -0.15) is 0 Å². The summed E-state index contributed by atoms with van der Waals surface area (Å²) in [6, 6.07) is 12.8. The molecule has 1 saturated heterocycles. The minimum atomic E-state index is -0.328. The summed E-state index contributed by atoms with van der Waals surface area (Å²) in [6.07, 6.45) is 1.98. The second-order valence-electron chi connectivity index (χ2n) is 6.57. The molecule has 5 heteroatoms. The van der Waals surface area contributed by atoms with Crippen molar-refractivity contribution in [3.63, 3.8) is 0 Å². The van der Waals surface area contributed by atoms with Crippen molar-refractivity contribution in [3.8, 4) is 0 Å². The highest BCUT2D eigenvalue weighted by Gasteiger charge is 2.27. The summed E-state index contributed by atoms with van der Waals surface area (Å²) in [5.74, 6) is -0.166. The lowest BCUT2D eigenvalue weighted by Crippen LogP contribution is -2.39. The largest absolute Gasteiger partial charge is 0.338 e. The second kappa shape index (κ2) is 6.56. The van der Waals surface area contributed by atoms with Crippen molar-refractivity contribution in [1.82, 2.24) is 9.88 Å². The average molecular weight is 354 g/mol. The minimum absolute atomic E-state index is 0.0929. The first kappa shape index (κ1) is 16.2. The Bertz CT molecular complexity index is 903. The highest BCUT2D eigenvalue weighted by atomic mass is 32.1. The molecule has 1 atom stereocenters. The van der Waals surface area contributed by atoms with E-state index in [0.717, 1.165) is 29.9 Å². The summed E-state index contributed by atoms with van der Waals surface area (Å²) < 4.78 is 15.0. The van der Waals surface area contributed by atoms with Crippen LogP contribution in [0.2, 0.25) is 0 Å². The summed E-state index contributed by atoms with van der Waals surface area (Å²) in [7, 11) is 0. The molecule has 2 aromatic carbocycles. The molecule has 128 valence electrons. The Morgan fingerprint density at radius 1 is 1.28 bits per heavy atom. The molecule has 0 aliphatic carbocycles. The first-order valence-electron chi connectivity index (χ1n) is 8.53. The predicted octanol–water partition coefficient (Wildman–Crippen LogP) is 4.76. The van der Waals surface area contributed by atoms with Crippen molar-refractivity contribution in [3.05, 3.63) is 64.4 Å². The lowest BCUT2D eigenvalue weighted by molar-refractivity contribution is 0.0706. The number of carbonyl (C=O) groups excluding carboxylic acids is 1. The van der Waals surface area contributed by atoms with Gasteiger partial charge in [0.15, 0.2) is 0 Å². The number of nitrogens with zero attached hydrogens (tertiary/aromatic N) is 2. The summed E-state index contributed by atoms with van der Waals surface area (Å²) >= 11 is 1.71. The number of piperidine rings is 1. The van der Waals surface area contributed by atoms with Gasteiger partial charge in [-0.05, 0) is 49.6 Å². The molecule has 1 amide bonds. The second-order valence-corrected chi connectivity index (χ2v) is 7.64. The van der Waals surface area contributed by atoms with Crippen LogP contribution in [-0.4, -0.2) is 28.9 Å². The van der Waals surface area contributed by atoms with E-state index in [2.05, 4.69) is 6.07 Å². The molecule has 0 unspecified atom stereocenters. The number of aromatic nitrogens is 1. The lowest BCUT2D eigenvalue weighted by atomic mass is 9.98. The van der Waals surface area contributed by atoms with Gasteiger partial charge < -0.3 is 4.90 Å². The third kappa shape index (κ3) is 3.16. The number of hydrogen-bond acceptors (Lipinski definition) is 3. The van der Waals surface area contributed by atoms with Crippen LogP contribution in [0.3, 0.4) is 0 Å². The number of amides is 1. The molecule has 0 radical (unpaired) electrons. The Morgan fingerprint density at radius 3 is 2.92 bits per heavy atom. The van der Waals surface area contributed by atoms with E-state index < -0.39 is 0 Å². The number of aryl methyl sites for hydroxylation is 1. The van der Waals surface area contributed by atoms with E-state index in [0.29, 0.717) is 17.7 Å². The number of para-hydroxylation sites is 1. The van der Waals surface area contributed by atoms with E-state index in [1.807, 2.05) is 23.1 Å². The van der Waals surface area contributed by atoms with Gasteiger partial charge >= 0.3 is 0 Å². The number of likely N-dealkylation sites (tertiary alicyclic amines) is 1. The van der Waals surface area contributed by atoms with Crippen LogP contribution in [0.25, 0.3) is 10.2 Å². The van der Waals surface area contributed by atoms with Gasteiger partial charge in [-0.15, -0.1) is 11.3 Å². The summed E-state index contributed by atoms with van der Waals surface area (Å²) in [6.45, 7) is 3.07. The SMILES string of the molecule is Cc1ccc(C(=O)N2CCC[C@@H](c3nc4ccccc4s3)C2)cc1F. The van der Waals surface area contributed by atoms with Crippen molar-refractivity contribution in [2.24, 2.45) is 0 Å². The first-order valence-corrected chi connectivity index (χ1v) is 9.34. The molecular formula is C20H19FN2OS. The van der Waals surface area contributed by atoms with E-state index in [1.165, 1.54) is 10.8 Å². The normalized spacial score (nSPS) is 17.8. The van der Waals surface area contributed by atoms with Gasteiger partial charge in [0.1, 0.15) is 5.82 Å². The van der Waals surface area contributed by atoms with Crippen molar-refractivity contribution < 1.29 is 9.18 Å². The van der Waals surface area contributed by atoms with Crippen LogP contribution in [0.1, 0.15) is 39.7 Å². The van der Waals surface area contributed by atoms with Crippen molar-refractivity contribution in [2.75, 3.05) is 13.1 Å². The maximum absolute atomic E-state index is 13.8. The molecule has 3 nitrogen and oxygen atoms in total. The smallest absolute Gasteiger partial charge is 0.253 e. The molecule has 0 bridgehead atoms. The summed E-state index contributed by atoms with van der Waals surface area (Å²) in [5.41, 5.74) is 2.00. The molecule has 0 saturated carbocycles. The van der Waals surface area contributed by atoms with Crippen LogP contribution in [0, 0.1) is 12.7 Å². The van der Waals surface area contributed by atoms with Crippen LogP contribution < -0.4 is 0 Å². The van der Waals surface area contributed by atoms with Gasteiger partial charge in [-0.1, -0.05) is 18.2 Å². The van der Waals surface area contributed by atoms with Crippen LogP contribution in [0.5, 0.6) is 0 Å². The molecule has 2 heterocycles. The number of hydrogen-bond donors (Lipinski definition) is 0. The maximum Gasteiger partial charge on any atom is 0.253 e. The highest BCUT2D eigenvalue weighted by Crippen LogP contribution is 2.33. The monoisotopic (exact) mass is 354 g/mol. The molecule has 1 aliphatic rings. The molecular weight excluding hydrogens is 335 g/mol. The van der Waals surface area contributed by atoms with Crippen molar-refractivity contribution in [2.45, 2.75) is 25.7 Å². The summed E-state index contributed by atoms with van der Waals surface area (Å²) in [4.78, 5) is 19.3. The Kier molecular flexibility index (Phi) is 4.25. The van der Waals surface area contributed by atoms with Gasteiger partial charge in [0.2, 0.25) is 0 Å². The number of benzene rings is 2. The standard InChI is InChI=1S/C20H19FN2OS/c1-13-8-9-14(11-16(13)21)20(24)23-10-4-5-15(12-23)19-22-17-6-2-3-7-18(17)25-19/h2-3,6-9,11,15H,4-5,10,12H2,1H3/t15-/m1/s1. The number of halogens is 1. The first-order chi connectivity index (χ1) is 12.1.